The molecular formula is C18H35N7O5. The van der Waals surface area contributed by atoms with E-state index in [2.05, 4.69) is 15.3 Å². The number of nitrogens with zero attached hydrogens (tertiary/aromatic N) is 4. The van der Waals surface area contributed by atoms with E-state index < -0.39 is 11.1 Å². The van der Waals surface area contributed by atoms with Crippen LogP contribution in [0.3, 0.4) is 0 Å². The summed E-state index contributed by atoms with van der Waals surface area (Å²) >= 11 is 0. The smallest absolute Gasteiger partial charge is 0.305 e. The van der Waals surface area contributed by atoms with E-state index in [0.717, 1.165) is 38.9 Å². The van der Waals surface area contributed by atoms with Gasteiger partial charge in [-0.05, 0) is 39.2 Å². The van der Waals surface area contributed by atoms with Crippen LogP contribution in [0.1, 0.15) is 45.4 Å². The van der Waals surface area contributed by atoms with Crippen molar-refractivity contribution in [3.05, 3.63) is 10.1 Å². The summed E-state index contributed by atoms with van der Waals surface area (Å²) in [6.45, 7) is 5.94. The van der Waals surface area contributed by atoms with Gasteiger partial charge in [-0.25, -0.2) is 10.1 Å². The molecule has 0 aliphatic carbocycles. The third-order valence-electron chi connectivity index (χ3n) is 4.85. The summed E-state index contributed by atoms with van der Waals surface area (Å²) in [4.78, 5) is 42.6. The van der Waals surface area contributed by atoms with Crippen molar-refractivity contribution in [2.75, 3.05) is 45.9 Å². The van der Waals surface area contributed by atoms with Gasteiger partial charge in [0.25, 0.3) is 5.91 Å². The second-order valence-corrected chi connectivity index (χ2v) is 7.17. The van der Waals surface area contributed by atoms with E-state index in [1.54, 1.807) is 11.8 Å². The third kappa shape index (κ3) is 10.8. The number of nitro groups is 1. The molecule has 1 amide bonds. The molecule has 1 fully saturated rings. The molecule has 0 aromatic rings. The number of nitrogens with one attached hydrogen (secondary N) is 1. The van der Waals surface area contributed by atoms with E-state index in [-0.39, 0.29) is 24.3 Å². The van der Waals surface area contributed by atoms with Crippen LogP contribution in [0.4, 0.5) is 0 Å². The molecule has 0 saturated carbocycles. The van der Waals surface area contributed by atoms with Crippen molar-refractivity contribution >= 4 is 17.8 Å². The first kappa shape index (κ1) is 25.4. The molecule has 5 N–H and O–H groups in total. The first-order chi connectivity index (χ1) is 14.3. The molecule has 1 atom stereocenters. The molecule has 0 aromatic carbocycles. The van der Waals surface area contributed by atoms with Gasteiger partial charge in [0.05, 0.1) is 6.61 Å². The van der Waals surface area contributed by atoms with Crippen LogP contribution in [-0.2, 0) is 14.3 Å². The fraction of sp³-hybridized carbons (Fsp3) is 0.833. The number of aliphatic imine (C=N–C) groups is 1. The van der Waals surface area contributed by atoms with E-state index in [0.29, 0.717) is 39.1 Å². The third-order valence-corrected chi connectivity index (χ3v) is 4.85. The lowest BCUT2D eigenvalue weighted by Gasteiger charge is -2.36. The van der Waals surface area contributed by atoms with Crippen LogP contribution in [-0.4, -0.2) is 84.6 Å². The van der Waals surface area contributed by atoms with Crippen LogP contribution >= 0.6 is 0 Å². The number of hydrogen-bond donors (Lipinski definition) is 3. The number of guanidine groups is 1. The average molecular weight is 430 g/mol. The van der Waals surface area contributed by atoms with Gasteiger partial charge in [0.1, 0.15) is 0 Å². The molecule has 172 valence electrons. The summed E-state index contributed by atoms with van der Waals surface area (Å²) < 4.78 is 4.91. The molecule has 12 heteroatoms. The lowest BCUT2D eigenvalue weighted by molar-refractivity contribution is -0.548. The summed E-state index contributed by atoms with van der Waals surface area (Å²) in [5.74, 6) is -0.469. The minimum Gasteiger partial charge on any atom is -0.466 e. The molecule has 12 nitrogen and oxygen atoms in total. The number of carbonyl (C=O) groups excluding carboxylic acids is 2. The van der Waals surface area contributed by atoms with Crippen molar-refractivity contribution in [3.8, 4) is 0 Å². The zero-order valence-electron chi connectivity index (χ0n) is 17.8. The maximum absolute atomic E-state index is 12.7. The maximum Gasteiger partial charge on any atom is 0.305 e. The van der Waals surface area contributed by atoms with Crippen LogP contribution in [0.2, 0.25) is 0 Å². The number of hydrazine groups is 1. The Labute approximate surface area is 177 Å². The molecule has 1 aliphatic heterocycles. The van der Waals surface area contributed by atoms with E-state index in [4.69, 9.17) is 16.2 Å². The minimum atomic E-state index is -0.899. The van der Waals surface area contributed by atoms with Crippen LogP contribution in [0.5, 0.6) is 0 Å². The molecule has 1 rings (SSSR count). The fourth-order valence-electron chi connectivity index (χ4n) is 3.30. The van der Waals surface area contributed by atoms with Crippen molar-refractivity contribution in [2.24, 2.45) is 16.5 Å². The maximum atomic E-state index is 12.7. The molecule has 0 unspecified atom stereocenters. The monoisotopic (exact) mass is 429 g/mol. The Morgan fingerprint density at radius 3 is 2.47 bits per heavy atom. The zero-order valence-corrected chi connectivity index (χ0v) is 17.8. The molecule has 0 spiro atoms. The number of piperazine rings is 1. The Kier molecular flexibility index (Phi) is 12.2. The van der Waals surface area contributed by atoms with E-state index >= 15 is 0 Å². The van der Waals surface area contributed by atoms with Crippen molar-refractivity contribution < 1.29 is 19.4 Å². The van der Waals surface area contributed by atoms with Gasteiger partial charge in [-0.3, -0.25) is 19.5 Å². The highest BCUT2D eigenvalue weighted by atomic mass is 16.7. The molecule has 1 aliphatic rings. The minimum absolute atomic E-state index is 0.0443. The second kappa shape index (κ2) is 14.4. The number of amides is 1. The van der Waals surface area contributed by atoms with Gasteiger partial charge in [-0.15, -0.1) is 5.43 Å². The van der Waals surface area contributed by atoms with E-state index in [1.165, 1.54) is 0 Å². The lowest BCUT2D eigenvalue weighted by Crippen LogP contribution is -2.55. The molecule has 30 heavy (non-hydrogen) atoms. The van der Waals surface area contributed by atoms with Gasteiger partial charge in [0.2, 0.25) is 0 Å². The standard InChI is InChI=1S/C18H35N7O5/c1-2-30-16(26)8-4-3-5-10-23-11-13-24(14-12-23)17(27)15(22-25(28)29)7-6-9-21-18(19)20/h15,22H,2-14H2,1H3,(H4,19,20,21)/t15-/m0/s1. The van der Waals surface area contributed by atoms with Gasteiger partial charge in [0, 0.05) is 39.1 Å². The molecular weight excluding hydrogens is 394 g/mol. The molecule has 0 aromatic heterocycles. The number of nitrogens with two attached hydrogens (primary N) is 2. The summed E-state index contributed by atoms with van der Waals surface area (Å²) in [7, 11) is 0. The largest absolute Gasteiger partial charge is 0.466 e. The number of esters is 1. The van der Waals surface area contributed by atoms with Crippen molar-refractivity contribution in [1.82, 2.24) is 15.2 Å². The highest BCUT2D eigenvalue weighted by molar-refractivity contribution is 5.81. The molecule has 1 heterocycles. The summed E-state index contributed by atoms with van der Waals surface area (Å²) in [5.41, 5.74) is 12.6. The van der Waals surface area contributed by atoms with Gasteiger partial charge < -0.3 is 21.1 Å². The van der Waals surface area contributed by atoms with Crippen LogP contribution < -0.4 is 16.9 Å². The predicted octanol–water partition coefficient (Wildman–Crippen LogP) is -0.542. The van der Waals surface area contributed by atoms with Crippen molar-refractivity contribution in [3.63, 3.8) is 0 Å². The van der Waals surface area contributed by atoms with Crippen LogP contribution in [0.15, 0.2) is 4.99 Å². The highest BCUT2D eigenvalue weighted by Crippen LogP contribution is 2.10. The highest BCUT2D eigenvalue weighted by Gasteiger charge is 2.29. The number of rotatable bonds is 14. The Morgan fingerprint density at radius 1 is 1.17 bits per heavy atom. The van der Waals surface area contributed by atoms with Gasteiger partial charge in [0.15, 0.2) is 17.0 Å². The average Bonchev–Trinajstić information content (AvgIpc) is 2.69. The van der Waals surface area contributed by atoms with Gasteiger partial charge in [-0.2, -0.15) is 0 Å². The Balaban J connectivity index is 2.32. The predicted molar refractivity (Wildman–Crippen MR) is 112 cm³/mol. The van der Waals surface area contributed by atoms with E-state index in [9.17, 15) is 19.7 Å². The summed E-state index contributed by atoms with van der Waals surface area (Å²) in [5, 5.41) is 10.2. The quantitative estimate of drug-likeness (QED) is 0.0819. The van der Waals surface area contributed by atoms with Crippen molar-refractivity contribution in [1.29, 1.82) is 0 Å². The lowest BCUT2D eigenvalue weighted by atomic mass is 10.1. The SMILES string of the molecule is CCOC(=O)CCCCCN1CCN(C(=O)[C@H](CCCN=C(N)N)N[N+](=O)[O-])CC1. The Bertz CT molecular complexity index is 575. The van der Waals surface area contributed by atoms with Gasteiger partial charge >= 0.3 is 5.97 Å². The van der Waals surface area contributed by atoms with Gasteiger partial charge in [-0.1, -0.05) is 6.42 Å². The number of unbranched alkanes of at least 4 members (excludes halogenated alkanes) is 2. The summed E-state index contributed by atoms with van der Waals surface area (Å²) in [6.07, 6.45) is 3.92. The molecule has 0 bridgehead atoms. The Hall–Kier alpha value is -2.63. The van der Waals surface area contributed by atoms with E-state index in [1.807, 2.05) is 0 Å². The van der Waals surface area contributed by atoms with Crippen LogP contribution in [0, 0.1) is 10.1 Å². The summed E-state index contributed by atoms with van der Waals surface area (Å²) in [6, 6.07) is -0.899. The number of carbonyl (C=O) groups is 2. The first-order valence-electron chi connectivity index (χ1n) is 10.5. The molecule has 0 radical (unpaired) electrons. The van der Waals surface area contributed by atoms with Crippen LogP contribution in [0.25, 0.3) is 0 Å². The normalized spacial score (nSPS) is 15.3. The zero-order chi connectivity index (χ0) is 22.4. The Morgan fingerprint density at radius 2 is 1.87 bits per heavy atom. The topological polar surface area (TPSA) is 169 Å². The second-order valence-electron chi connectivity index (χ2n) is 7.17. The molecule has 1 saturated heterocycles. The van der Waals surface area contributed by atoms with Crippen molar-refractivity contribution in [2.45, 2.75) is 51.5 Å². The number of hydrogen-bond acceptors (Lipinski definition) is 7. The number of ether oxygens (including phenoxy) is 1. The first-order valence-corrected chi connectivity index (χ1v) is 10.5. The fourth-order valence-corrected chi connectivity index (χ4v) is 3.30.